The van der Waals surface area contributed by atoms with Crippen LogP contribution in [0.15, 0.2) is 48.5 Å². The molecule has 2 fully saturated rings. The number of nitrogens with zero attached hydrogens (tertiary/aromatic N) is 2. The average Bonchev–Trinajstić information content (AvgIpc) is 2.88. The Labute approximate surface area is 205 Å². The Balaban J connectivity index is 1.53. The molecule has 34 heavy (non-hydrogen) atoms. The maximum atomic E-state index is 13.4. The van der Waals surface area contributed by atoms with Crippen LogP contribution in [0, 0.1) is 5.41 Å². The number of likely N-dealkylation sites (tertiary alicyclic amines) is 1. The molecule has 2 aliphatic rings. The number of piperidine rings is 1. The molecule has 2 aromatic carbocycles. The normalized spacial score (nSPS) is 20.6. The Morgan fingerprint density at radius 1 is 1.03 bits per heavy atom. The Kier molecular flexibility index (Phi) is 7.95. The molecule has 2 aromatic rings. The van der Waals surface area contributed by atoms with Gasteiger partial charge in [-0.15, -0.1) is 0 Å². The molecule has 0 radical (unpaired) electrons. The van der Waals surface area contributed by atoms with Crippen molar-refractivity contribution in [2.24, 2.45) is 5.41 Å². The lowest BCUT2D eigenvalue weighted by molar-refractivity contribution is -0.139. The van der Waals surface area contributed by atoms with E-state index in [1.165, 1.54) is 0 Å². The second-order valence-electron chi connectivity index (χ2n) is 8.97. The van der Waals surface area contributed by atoms with E-state index < -0.39 is 5.41 Å². The molecule has 7 nitrogen and oxygen atoms in total. The van der Waals surface area contributed by atoms with Gasteiger partial charge in [-0.2, -0.15) is 0 Å². The van der Waals surface area contributed by atoms with Crippen LogP contribution >= 0.6 is 11.6 Å². The molecule has 4 rings (SSSR count). The second kappa shape index (κ2) is 11.1. The molecule has 2 heterocycles. The summed E-state index contributed by atoms with van der Waals surface area (Å²) in [5.41, 5.74) is 0.0928. The molecule has 0 N–H and O–H groups in total. The van der Waals surface area contributed by atoms with E-state index in [-0.39, 0.29) is 11.8 Å². The zero-order valence-corrected chi connectivity index (χ0v) is 20.3. The van der Waals surface area contributed by atoms with E-state index in [2.05, 4.69) is 0 Å². The molecular formula is C26H31ClN2O5. The molecule has 0 bridgehead atoms. The van der Waals surface area contributed by atoms with Gasteiger partial charge in [-0.1, -0.05) is 17.7 Å². The van der Waals surface area contributed by atoms with Crippen LogP contribution in [0.4, 0.5) is 0 Å². The SMILES string of the molecule is COc1cccc(C(=O)N2CCC[C@](COc3ccc(Cl)cc3)(CC(=O)N3CCOCC3)C2)c1. The second-order valence-corrected chi connectivity index (χ2v) is 9.41. The number of rotatable bonds is 7. The molecule has 0 aromatic heterocycles. The van der Waals surface area contributed by atoms with E-state index in [0.29, 0.717) is 74.5 Å². The van der Waals surface area contributed by atoms with Crippen LogP contribution in [0.5, 0.6) is 11.5 Å². The van der Waals surface area contributed by atoms with Crippen LogP contribution in [0.25, 0.3) is 0 Å². The van der Waals surface area contributed by atoms with Crippen molar-refractivity contribution in [2.75, 3.05) is 53.1 Å². The summed E-state index contributed by atoms with van der Waals surface area (Å²) in [6.07, 6.45) is 1.93. The molecule has 2 aliphatic heterocycles. The Morgan fingerprint density at radius 2 is 1.79 bits per heavy atom. The first-order valence-electron chi connectivity index (χ1n) is 11.7. The summed E-state index contributed by atoms with van der Waals surface area (Å²) in [7, 11) is 1.58. The highest BCUT2D eigenvalue weighted by molar-refractivity contribution is 6.30. The van der Waals surface area contributed by atoms with Gasteiger partial charge >= 0.3 is 0 Å². The van der Waals surface area contributed by atoms with Crippen LogP contribution in [0.2, 0.25) is 5.02 Å². The number of amides is 2. The maximum absolute atomic E-state index is 13.4. The van der Waals surface area contributed by atoms with Gasteiger partial charge in [-0.05, 0) is 55.3 Å². The predicted molar refractivity (Wildman–Crippen MR) is 130 cm³/mol. The summed E-state index contributed by atoms with van der Waals surface area (Å²) in [5, 5.41) is 0.636. The van der Waals surface area contributed by atoms with E-state index in [9.17, 15) is 9.59 Å². The number of morpholine rings is 1. The summed E-state index contributed by atoms with van der Waals surface area (Å²) < 4.78 is 16.8. The van der Waals surface area contributed by atoms with E-state index in [0.717, 1.165) is 12.8 Å². The first-order valence-corrected chi connectivity index (χ1v) is 12.0. The number of hydrogen-bond acceptors (Lipinski definition) is 5. The summed E-state index contributed by atoms with van der Waals surface area (Å²) in [6, 6.07) is 14.4. The average molecular weight is 487 g/mol. The van der Waals surface area contributed by atoms with Crippen LogP contribution in [0.1, 0.15) is 29.6 Å². The molecular weight excluding hydrogens is 456 g/mol. The van der Waals surface area contributed by atoms with Gasteiger partial charge < -0.3 is 24.0 Å². The van der Waals surface area contributed by atoms with Crippen molar-refractivity contribution in [3.05, 3.63) is 59.1 Å². The van der Waals surface area contributed by atoms with Gasteiger partial charge in [0.1, 0.15) is 11.5 Å². The third-order valence-electron chi connectivity index (χ3n) is 6.51. The van der Waals surface area contributed by atoms with Crippen molar-refractivity contribution < 1.29 is 23.8 Å². The fraction of sp³-hybridized carbons (Fsp3) is 0.462. The molecule has 1 atom stereocenters. The monoisotopic (exact) mass is 486 g/mol. The minimum atomic E-state index is -0.484. The lowest BCUT2D eigenvalue weighted by atomic mass is 9.77. The highest BCUT2D eigenvalue weighted by Gasteiger charge is 2.41. The quantitative estimate of drug-likeness (QED) is 0.593. The lowest BCUT2D eigenvalue weighted by Crippen LogP contribution is -2.52. The van der Waals surface area contributed by atoms with E-state index >= 15 is 0 Å². The Hall–Kier alpha value is -2.77. The number of ether oxygens (including phenoxy) is 3. The van der Waals surface area contributed by atoms with Crippen molar-refractivity contribution in [2.45, 2.75) is 19.3 Å². The maximum Gasteiger partial charge on any atom is 0.254 e. The van der Waals surface area contributed by atoms with Gasteiger partial charge in [-0.3, -0.25) is 9.59 Å². The van der Waals surface area contributed by atoms with Crippen LogP contribution in [-0.2, 0) is 9.53 Å². The zero-order valence-electron chi connectivity index (χ0n) is 19.5. The molecule has 2 saturated heterocycles. The molecule has 0 unspecified atom stereocenters. The van der Waals surface area contributed by atoms with Crippen molar-refractivity contribution in [3.63, 3.8) is 0 Å². The zero-order chi connectivity index (χ0) is 24.0. The number of halogens is 1. The molecule has 0 aliphatic carbocycles. The third kappa shape index (κ3) is 6.02. The fourth-order valence-electron chi connectivity index (χ4n) is 4.65. The number of methoxy groups -OCH3 is 1. The van der Waals surface area contributed by atoms with Crippen LogP contribution < -0.4 is 9.47 Å². The number of carbonyl (C=O) groups is 2. The van der Waals surface area contributed by atoms with Gasteiger partial charge in [0.2, 0.25) is 5.91 Å². The van der Waals surface area contributed by atoms with Crippen molar-refractivity contribution in [1.29, 1.82) is 0 Å². The van der Waals surface area contributed by atoms with E-state index in [4.69, 9.17) is 25.8 Å². The van der Waals surface area contributed by atoms with Gasteiger partial charge in [0.25, 0.3) is 5.91 Å². The third-order valence-corrected chi connectivity index (χ3v) is 6.77. The Bertz CT molecular complexity index is 993. The van der Waals surface area contributed by atoms with Gasteiger partial charge in [0.05, 0.1) is 26.9 Å². The van der Waals surface area contributed by atoms with Crippen molar-refractivity contribution in [3.8, 4) is 11.5 Å². The first-order chi connectivity index (χ1) is 16.5. The molecule has 0 spiro atoms. The highest BCUT2D eigenvalue weighted by Crippen LogP contribution is 2.36. The number of hydrogen-bond donors (Lipinski definition) is 0. The fourth-order valence-corrected chi connectivity index (χ4v) is 4.77. The largest absolute Gasteiger partial charge is 0.497 e. The number of benzene rings is 2. The minimum Gasteiger partial charge on any atom is -0.497 e. The van der Waals surface area contributed by atoms with Gasteiger partial charge in [-0.25, -0.2) is 0 Å². The summed E-state index contributed by atoms with van der Waals surface area (Å²) >= 11 is 6.01. The minimum absolute atomic E-state index is 0.0618. The van der Waals surface area contributed by atoms with E-state index in [1.807, 2.05) is 34.1 Å². The standard InChI is InChI=1S/C26H31ClN2O5/c1-32-23-5-2-4-20(16-23)25(31)29-11-3-10-26(18-29,17-24(30)28-12-14-33-15-13-28)19-34-22-8-6-21(27)7-9-22/h2,4-9,16H,3,10-15,17-19H2,1H3/t26-/m0/s1. The first kappa shape index (κ1) is 24.4. The summed E-state index contributed by atoms with van der Waals surface area (Å²) in [4.78, 5) is 30.3. The molecule has 2 amide bonds. The summed E-state index contributed by atoms with van der Waals surface area (Å²) in [6.45, 7) is 3.74. The van der Waals surface area contributed by atoms with Gasteiger partial charge in [0, 0.05) is 48.6 Å². The number of carbonyl (C=O) groups excluding carboxylic acids is 2. The highest BCUT2D eigenvalue weighted by atomic mass is 35.5. The van der Waals surface area contributed by atoms with Crippen molar-refractivity contribution in [1.82, 2.24) is 9.80 Å². The summed E-state index contributed by atoms with van der Waals surface area (Å²) in [5.74, 6) is 1.36. The lowest BCUT2D eigenvalue weighted by Gasteiger charge is -2.43. The van der Waals surface area contributed by atoms with Crippen LogP contribution in [0.3, 0.4) is 0 Å². The van der Waals surface area contributed by atoms with Crippen molar-refractivity contribution >= 4 is 23.4 Å². The predicted octanol–water partition coefficient (Wildman–Crippen LogP) is 3.90. The molecule has 182 valence electrons. The van der Waals surface area contributed by atoms with E-state index in [1.54, 1.807) is 31.4 Å². The Morgan fingerprint density at radius 3 is 2.53 bits per heavy atom. The van der Waals surface area contributed by atoms with Crippen LogP contribution in [-0.4, -0.2) is 74.7 Å². The smallest absolute Gasteiger partial charge is 0.254 e. The molecule has 0 saturated carbocycles. The molecule has 8 heteroatoms. The topological polar surface area (TPSA) is 68.3 Å². The van der Waals surface area contributed by atoms with Gasteiger partial charge in [0.15, 0.2) is 0 Å².